The lowest BCUT2D eigenvalue weighted by molar-refractivity contribution is -0.158. The topological polar surface area (TPSA) is 90.4 Å². The second-order valence-corrected chi connectivity index (χ2v) is 12.4. The lowest BCUT2D eigenvalue weighted by Gasteiger charge is -2.41. The standard InChI is InChI=1S/C33H45N3O5/c1-5-7-11-18-34-19-13-17-33-27(30(39)36(28(33)31(34)40)25(22-37)23(3)4)26-29(38)35(21-24-14-9-8-10-15-24)20-12-16-32(26,6-2)41-33/h8-10,12-17,23,25-28,37H,5-7,11,18-22H2,1-4H3/t25-,26+,27-,28?,32-,33-/m0/s1. The molecule has 0 bridgehead atoms. The van der Waals surface area contributed by atoms with Gasteiger partial charge >= 0.3 is 0 Å². The van der Waals surface area contributed by atoms with Gasteiger partial charge in [-0.25, -0.2) is 0 Å². The number of hydrogen-bond donors (Lipinski definition) is 1. The van der Waals surface area contributed by atoms with E-state index in [2.05, 4.69) is 6.92 Å². The van der Waals surface area contributed by atoms with Crippen LogP contribution in [-0.2, 0) is 25.7 Å². The number of unbranched alkanes of at least 4 members (excludes halogenated alkanes) is 2. The molecule has 1 spiro atoms. The maximum atomic E-state index is 14.6. The Hall–Kier alpha value is -2.97. The van der Waals surface area contributed by atoms with Gasteiger partial charge < -0.3 is 24.5 Å². The fraction of sp³-hybridized carbons (Fsp3) is 0.606. The number of carbonyl (C=O) groups excluding carboxylic acids is 3. The zero-order chi connectivity index (χ0) is 29.4. The molecule has 1 unspecified atom stereocenters. The SMILES string of the molecule is CCCCCN1CC=C[C@]23O[C@@]4(CC)C=CCN(Cc5ccccc5)C(=O)[C@H]4[C@H]2C(=O)N([C@@H](CO)C(C)C)C3C1=O. The highest BCUT2D eigenvalue weighted by molar-refractivity contribution is 6.00. The van der Waals surface area contributed by atoms with Crippen LogP contribution in [-0.4, -0.2) is 87.1 Å². The van der Waals surface area contributed by atoms with Crippen LogP contribution in [0, 0.1) is 17.8 Å². The molecule has 4 aliphatic heterocycles. The summed E-state index contributed by atoms with van der Waals surface area (Å²) in [5.74, 6) is -2.33. The Labute approximate surface area is 244 Å². The van der Waals surface area contributed by atoms with Crippen LogP contribution in [0.15, 0.2) is 54.6 Å². The van der Waals surface area contributed by atoms with E-state index in [1.807, 2.05) is 80.3 Å². The van der Waals surface area contributed by atoms with Crippen LogP contribution in [0.25, 0.3) is 0 Å². The second kappa shape index (κ2) is 11.7. The van der Waals surface area contributed by atoms with E-state index in [0.29, 0.717) is 32.6 Å². The van der Waals surface area contributed by atoms with Gasteiger partial charge in [0.15, 0.2) is 0 Å². The Morgan fingerprint density at radius 2 is 1.63 bits per heavy atom. The minimum absolute atomic E-state index is 0.0938. The van der Waals surface area contributed by atoms with Crippen LogP contribution in [0.4, 0.5) is 0 Å². The van der Waals surface area contributed by atoms with Crippen molar-refractivity contribution in [2.45, 2.75) is 83.2 Å². The normalized spacial score (nSPS) is 31.8. The van der Waals surface area contributed by atoms with Crippen molar-refractivity contribution < 1.29 is 24.2 Å². The highest BCUT2D eigenvalue weighted by Crippen LogP contribution is 2.59. The Balaban J connectivity index is 1.61. The third-order valence-electron chi connectivity index (χ3n) is 9.61. The number of fused-ring (bicyclic) bond motifs is 2. The summed E-state index contributed by atoms with van der Waals surface area (Å²) in [6.45, 7) is 9.60. The Morgan fingerprint density at radius 3 is 2.29 bits per heavy atom. The number of rotatable bonds is 10. The van der Waals surface area contributed by atoms with Crippen molar-refractivity contribution in [2.75, 3.05) is 26.2 Å². The Bertz CT molecular complexity index is 1200. The van der Waals surface area contributed by atoms with Crippen LogP contribution < -0.4 is 0 Å². The molecule has 5 rings (SSSR count). The molecule has 4 heterocycles. The molecular formula is C33H45N3O5. The van der Waals surface area contributed by atoms with Gasteiger partial charge in [-0.15, -0.1) is 0 Å². The molecule has 3 amide bonds. The first-order chi connectivity index (χ1) is 19.7. The van der Waals surface area contributed by atoms with Crippen molar-refractivity contribution in [3.8, 4) is 0 Å². The fourth-order valence-electron chi connectivity index (χ4n) is 7.47. The zero-order valence-electron chi connectivity index (χ0n) is 24.9. The number of ether oxygens (including phenoxy) is 1. The number of aliphatic hydroxyl groups excluding tert-OH is 1. The molecule has 1 aromatic rings. The molecule has 0 saturated carbocycles. The number of aliphatic hydroxyl groups is 1. The van der Waals surface area contributed by atoms with Gasteiger partial charge in [-0.2, -0.15) is 0 Å². The Morgan fingerprint density at radius 1 is 0.927 bits per heavy atom. The molecule has 222 valence electrons. The molecule has 0 aliphatic carbocycles. The summed E-state index contributed by atoms with van der Waals surface area (Å²) in [6.07, 6.45) is 11.2. The van der Waals surface area contributed by atoms with E-state index in [-0.39, 0.29) is 30.2 Å². The van der Waals surface area contributed by atoms with Gasteiger partial charge in [-0.05, 0) is 24.3 Å². The van der Waals surface area contributed by atoms with Crippen molar-refractivity contribution in [3.63, 3.8) is 0 Å². The van der Waals surface area contributed by atoms with Crippen LogP contribution >= 0.6 is 0 Å². The number of hydrogen-bond acceptors (Lipinski definition) is 5. The summed E-state index contributed by atoms with van der Waals surface area (Å²) in [4.78, 5) is 48.8. The third-order valence-corrected chi connectivity index (χ3v) is 9.61. The first-order valence-electron chi connectivity index (χ1n) is 15.3. The quantitative estimate of drug-likeness (QED) is 0.347. The highest BCUT2D eigenvalue weighted by atomic mass is 16.5. The minimum atomic E-state index is -1.30. The van der Waals surface area contributed by atoms with Gasteiger partial charge in [0.05, 0.1) is 30.1 Å². The molecule has 4 aliphatic rings. The largest absolute Gasteiger partial charge is 0.394 e. The van der Waals surface area contributed by atoms with Gasteiger partial charge in [0.1, 0.15) is 11.6 Å². The average molecular weight is 564 g/mol. The van der Waals surface area contributed by atoms with Crippen molar-refractivity contribution >= 4 is 17.7 Å². The molecule has 1 aromatic carbocycles. The molecule has 0 radical (unpaired) electrons. The molecule has 8 nitrogen and oxygen atoms in total. The monoisotopic (exact) mass is 563 g/mol. The van der Waals surface area contributed by atoms with Crippen LogP contribution in [0.5, 0.6) is 0 Å². The first-order valence-corrected chi connectivity index (χ1v) is 15.3. The van der Waals surface area contributed by atoms with E-state index in [0.717, 1.165) is 24.8 Å². The second-order valence-electron chi connectivity index (χ2n) is 12.4. The molecular weight excluding hydrogens is 518 g/mol. The van der Waals surface area contributed by atoms with Gasteiger partial charge in [0.2, 0.25) is 17.7 Å². The van der Waals surface area contributed by atoms with Crippen LogP contribution in [0.1, 0.15) is 58.9 Å². The summed E-state index contributed by atoms with van der Waals surface area (Å²) >= 11 is 0. The summed E-state index contributed by atoms with van der Waals surface area (Å²) in [7, 11) is 0. The zero-order valence-corrected chi connectivity index (χ0v) is 24.9. The number of amides is 3. The lowest BCUT2D eigenvalue weighted by atomic mass is 9.73. The lowest BCUT2D eigenvalue weighted by Crippen LogP contribution is -2.59. The van der Waals surface area contributed by atoms with Crippen LogP contribution in [0.3, 0.4) is 0 Å². The van der Waals surface area contributed by atoms with E-state index in [4.69, 9.17) is 4.74 Å². The van der Waals surface area contributed by atoms with Crippen molar-refractivity contribution in [3.05, 3.63) is 60.2 Å². The smallest absolute Gasteiger partial charge is 0.249 e. The first kappa shape index (κ1) is 29.5. The van der Waals surface area contributed by atoms with Gasteiger partial charge in [-0.3, -0.25) is 14.4 Å². The maximum Gasteiger partial charge on any atom is 0.249 e. The van der Waals surface area contributed by atoms with Gasteiger partial charge in [0.25, 0.3) is 0 Å². The molecule has 6 atom stereocenters. The van der Waals surface area contributed by atoms with Gasteiger partial charge in [-0.1, -0.05) is 95.2 Å². The number of nitrogens with zero attached hydrogens (tertiary/aromatic N) is 3. The predicted octanol–water partition coefficient (Wildman–Crippen LogP) is 3.55. The van der Waals surface area contributed by atoms with E-state index >= 15 is 0 Å². The van der Waals surface area contributed by atoms with E-state index in [1.165, 1.54) is 0 Å². The minimum Gasteiger partial charge on any atom is -0.394 e. The maximum absolute atomic E-state index is 14.6. The molecule has 8 heteroatoms. The predicted molar refractivity (Wildman–Crippen MR) is 156 cm³/mol. The fourth-order valence-corrected chi connectivity index (χ4v) is 7.47. The third kappa shape index (κ3) is 4.83. The average Bonchev–Trinajstić information content (AvgIpc) is 3.26. The van der Waals surface area contributed by atoms with E-state index in [1.54, 1.807) is 9.80 Å². The van der Waals surface area contributed by atoms with Crippen molar-refractivity contribution in [1.29, 1.82) is 0 Å². The van der Waals surface area contributed by atoms with E-state index < -0.39 is 35.1 Å². The van der Waals surface area contributed by atoms with Gasteiger partial charge in [0, 0.05) is 26.2 Å². The number of carbonyl (C=O) groups is 3. The summed E-state index contributed by atoms with van der Waals surface area (Å²) in [6, 6.07) is 8.33. The Kier molecular flexibility index (Phi) is 8.44. The molecule has 0 aromatic heterocycles. The van der Waals surface area contributed by atoms with Crippen LogP contribution in [0.2, 0.25) is 0 Å². The number of likely N-dealkylation sites (tertiary alicyclic amines) is 1. The summed E-state index contributed by atoms with van der Waals surface area (Å²) in [5.41, 5.74) is -1.30. The van der Waals surface area contributed by atoms with Crippen molar-refractivity contribution in [2.24, 2.45) is 17.8 Å². The molecule has 1 N–H and O–H groups in total. The van der Waals surface area contributed by atoms with E-state index in [9.17, 15) is 19.5 Å². The molecule has 2 fully saturated rings. The van der Waals surface area contributed by atoms with Crippen molar-refractivity contribution in [1.82, 2.24) is 14.7 Å². The molecule has 2 saturated heterocycles. The highest BCUT2D eigenvalue weighted by Gasteiger charge is 2.76. The summed E-state index contributed by atoms with van der Waals surface area (Å²) < 4.78 is 7.05. The summed E-state index contributed by atoms with van der Waals surface area (Å²) in [5, 5.41) is 10.5. The number of benzene rings is 1. The molecule has 41 heavy (non-hydrogen) atoms.